The van der Waals surface area contributed by atoms with Crippen LogP contribution in [0.15, 0.2) is 24.3 Å². The van der Waals surface area contributed by atoms with Gasteiger partial charge in [0.05, 0.1) is 0 Å². The summed E-state index contributed by atoms with van der Waals surface area (Å²) < 4.78 is 0. The molecule has 1 aliphatic rings. The van der Waals surface area contributed by atoms with Gasteiger partial charge in [-0.2, -0.15) is 0 Å². The average Bonchev–Trinajstić information content (AvgIpc) is 2.55. The zero-order chi connectivity index (χ0) is 15.9. The number of unbranched alkanes of at least 4 members (excludes halogenated alkanes) is 10. The quantitative estimate of drug-likeness (QED) is 0.226. The maximum absolute atomic E-state index is 2.48. The van der Waals surface area contributed by atoms with Gasteiger partial charge in [0.25, 0.3) is 0 Å². The molecule has 0 fully saturated rings. The van der Waals surface area contributed by atoms with Crippen molar-refractivity contribution in [2.75, 3.05) is 0 Å². The third-order valence-electron chi connectivity index (χ3n) is 4.99. The predicted octanol–water partition coefficient (Wildman–Crippen LogP) is 7.85. The van der Waals surface area contributed by atoms with Crippen molar-refractivity contribution >= 4 is 0 Å². The summed E-state index contributed by atoms with van der Waals surface area (Å²) in [6.07, 6.45) is 29.6. The Kier molecular flexibility index (Phi) is 12.5. The van der Waals surface area contributed by atoms with E-state index in [1.807, 2.05) is 0 Å². The monoisotopic (exact) mass is 304 g/mol. The molecule has 0 spiro atoms. The molecule has 0 atom stereocenters. The zero-order valence-electron chi connectivity index (χ0n) is 15.4. The Morgan fingerprint density at radius 1 is 0.455 bits per heavy atom. The van der Waals surface area contributed by atoms with Crippen LogP contribution in [0.5, 0.6) is 0 Å². The molecule has 0 N–H and O–H groups in total. The predicted molar refractivity (Wildman–Crippen MR) is 101 cm³/mol. The molecule has 0 saturated heterocycles. The van der Waals surface area contributed by atoms with E-state index < -0.39 is 0 Å². The van der Waals surface area contributed by atoms with Gasteiger partial charge in [-0.05, 0) is 24.7 Å². The summed E-state index contributed by atoms with van der Waals surface area (Å²) in [5.74, 6) is 1.46. The molecule has 1 aliphatic carbocycles. The van der Waals surface area contributed by atoms with E-state index in [0.717, 1.165) is 11.8 Å². The summed E-state index contributed by atoms with van der Waals surface area (Å²) in [6.45, 7) is 4.58. The van der Waals surface area contributed by atoms with Crippen molar-refractivity contribution < 1.29 is 0 Å². The van der Waals surface area contributed by atoms with E-state index in [4.69, 9.17) is 0 Å². The van der Waals surface area contributed by atoms with Gasteiger partial charge in [-0.15, -0.1) is 0 Å². The molecular formula is C22H40. The number of hydrogen-bond acceptors (Lipinski definition) is 0. The first-order valence-corrected chi connectivity index (χ1v) is 10.2. The van der Waals surface area contributed by atoms with Crippen LogP contribution >= 0.6 is 0 Å². The summed E-state index contributed by atoms with van der Waals surface area (Å²) in [5.41, 5.74) is 0. The van der Waals surface area contributed by atoms with Gasteiger partial charge in [0.15, 0.2) is 0 Å². The number of rotatable bonds is 14. The Morgan fingerprint density at radius 3 is 1.14 bits per heavy atom. The molecule has 0 unspecified atom stereocenters. The van der Waals surface area contributed by atoms with Crippen LogP contribution in [0.25, 0.3) is 0 Å². The molecule has 0 heteroatoms. The number of hydrogen-bond donors (Lipinski definition) is 0. The van der Waals surface area contributed by atoms with Gasteiger partial charge in [-0.3, -0.25) is 0 Å². The second kappa shape index (κ2) is 14.1. The van der Waals surface area contributed by atoms with Crippen molar-refractivity contribution in [3.05, 3.63) is 24.3 Å². The molecule has 22 heavy (non-hydrogen) atoms. The van der Waals surface area contributed by atoms with Gasteiger partial charge in [-0.1, -0.05) is 115 Å². The minimum atomic E-state index is 0.729. The van der Waals surface area contributed by atoms with Gasteiger partial charge in [0.1, 0.15) is 0 Å². The second-order valence-corrected chi connectivity index (χ2v) is 7.21. The van der Waals surface area contributed by atoms with Crippen molar-refractivity contribution in [3.63, 3.8) is 0 Å². The molecule has 0 nitrogen and oxygen atoms in total. The minimum absolute atomic E-state index is 0.729. The fraction of sp³-hybridized carbons (Fsp3) is 0.818. The molecule has 0 bridgehead atoms. The summed E-state index contributed by atoms with van der Waals surface area (Å²) >= 11 is 0. The van der Waals surface area contributed by atoms with Crippen LogP contribution in [0.3, 0.4) is 0 Å². The van der Waals surface area contributed by atoms with Crippen LogP contribution in [0.4, 0.5) is 0 Å². The highest BCUT2D eigenvalue weighted by Crippen LogP contribution is 2.24. The largest absolute Gasteiger partial charge is 0.0810 e. The van der Waals surface area contributed by atoms with Crippen LogP contribution < -0.4 is 0 Å². The molecule has 0 saturated carbocycles. The highest BCUT2D eigenvalue weighted by Gasteiger charge is 2.09. The molecule has 0 amide bonds. The Hall–Kier alpha value is -0.520. The zero-order valence-corrected chi connectivity index (χ0v) is 15.4. The van der Waals surface area contributed by atoms with E-state index in [1.54, 1.807) is 0 Å². The van der Waals surface area contributed by atoms with Gasteiger partial charge >= 0.3 is 0 Å². The first-order valence-electron chi connectivity index (χ1n) is 10.2. The normalized spacial score (nSPS) is 20.6. The minimum Gasteiger partial charge on any atom is -0.0810 e. The Labute approximate surface area is 140 Å². The van der Waals surface area contributed by atoms with Crippen molar-refractivity contribution in [2.45, 2.75) is 104 Å². The van der Waals surface area contributed by atoms with Crippen molar-refractivity contribution in [3.8, 4) is 0 Å². The SMILES string of the molecule is CCCCCCCCC1C=CC(CCCCCCCC)C=C1. The second-order valence-electron chi connectivity index (χ2n) is 7.21. The number of allylic oxidation sites excluding steroid dienone is 4. The molecule has 128 valence electrons. The lowest BCUT2D eigenvalue weighted by Gasteiger charge is -2.16. The highest BCUT2D eigenvalue weighted by molar-refractivity contribution is 5.13. The molecule has 0 aromatic heterocycles. The van der Waals surface area contributed by atoms with E-state index in [0.29, 0.717) is 0 Å². The van der Waals surface area contributed by atoms with Crippen LogP contribution in [-0.2, 0) is 0 Å². The molecule has 0 radical (unpaired) electrons. The van der Waals surface area contributed by atoms with Crippen LogP contribution in [-0.4, -0.2) is 0 Å². The van der Waals surface area contributed by atoms with Crippen LogP contribution in [0, 0.1) is 11.8 Å². The Bertz CT molecular complexity index is 244. The standard InChI is InChI=1S/C22H40/c1-3-5-7-9-11-13-15-21-17-19-22(20-18-21)16-14-12-10-8-6-4-2/h17-22H,3-16H2,1-2H3. The Balaban J connectivity index is 1.97. The maximum atomic E-state index is 2.48. The summed E-state index contributed by atoms with van der Waals surface area (Å²) in [6, 6.07) is 0. The fourth-order valence-corrected chi connectivity index (χ4v) is 3.40. The van der Waals surface area contributed by atoms with Gasteiger partial charge in [0, 0.05) is 0 Å². The molecule has 0 aromatic rings. The van der Waals surface area contributed by atoms with E-state index in [2.05, 4.69) is 38.2 Å². The van der Waals surface area contributed by atoms with Crippen molar-refractivity contribution in [1.82, 2.24) is 0 Å². The molecule has 1 rings (SSSR count). The first-order chi connectivity index (χ1) is 10.9. The first kappa shape index (κ1) is 19.5. The highest BCUT2D eigenvalue weighted by atomic mass is 14.1. The topological polar surface area (TPSA) is 0 Å². The van der Waals surface area contributed by atoms with Gasteiger partial charge in [0.2, 0.25) is 0 Å². The van der Waals surface area contributed by atoms with E-state index >= 15 is 0 Å². The molecule has 0 heterocycles. The third kappa shape index (κ3) is 10.2. The van der Waals surface area contributed by atoms with Gasteiger partial charge in [-0.25, -0.2) is 0 Å². The summed E-state index contributed by atoms with van der Waals surface area (Å²) in [5, 5.41) is 0. The van der Waals surface area contributed by atoms with E-state index in [9.17, 15) is 0 Å². The van der Waals surface area contributed by atoms with Crippen LogP contribution in [0.2, 0.25) is 0 Å². The van der Waals surface area contributed by atoms with E-state index in [-0.39, 0.29) is 0 Å². The molecule has 0 aromatic carbocycles. The van der Waals surface area contributed by atoms with Gasteiger partial charge < -0.3 is 0 Å². The molecular weight excluding hydrogens is 264 g/mol. The lowest BCUT2D eigenvalue weighted by atomic mass is 9.89. The summed E-state index contributed by atoms with van der Waals surface area (Å²) in [7, 11) is 0. The summed E-state index contributed by atoms with van der Waals surface area (Å²) in [4.78, 5) is 0. The van der Waals surface area contributed by atoms with Crippen molar-refractivity contribution in [2.24, 2.45) is 11.8 Å². The maximum Gasteiger partial charge on any atom is -0.00531 e. The van der Waals surface area contributed by atoms with Crippen LogP contribution in [0.1, 0.15) is 104 Å². The average molecular weight is 305 g/mol. The molecule has 0 aliphatic heterocycles. The Morgan fingerprint density at radius 2 is 0.773 bits per heavy atom. The lowest BCUT2D eigenvalue weighted by Crippen LogP contribution is -2.02. The lowest BCUT2D eigenvalue weighted by molar-refractivity contribution is 0.541. The fourth-order valence-electron chi connectivity index (χ4n) is 3.40. The van der Waals surface area contributed by atoms with E-state index in [1.165, 1.54) is 89.9 Å². The smallest absolute Gasteiger partial charge is 0.00531 e. The van der Waals surface area contributed by atoms with Crippen molar-refractivity contribution in [1.29, 1.82) is 0 Å². The third-order valence-corrected chi connectivity index (χ3v) is 4.99.